The van der Waals surface area contributed by atoms with Gasteiger partial charge in [0.1, 0.15) is 10.6 Å². The van der Waals surface area contributed by atoms with Crippen molar-refractivity contribution in [1.82, 2.24) is 4.31 Å². The lowest BCUT2D eigenvalue weighted by Gasteiger charge is -2.23. The summed E-state index contributed by atoms with van der Waals surface area (Å²) in [7, 11) is -6.05. The first-order valence-electron chi connectivity index (χ1n) is 8.45. The molecule has 0 aliphatic heterocycles. The molecule has 0 radical (unpaired) electrons. The standard InChI is InChI=1S/C18H21Cl2NO6S2/c1-26-11-3-10-21(29(24,25)18-12-15(19)6-9-17(18)20)13-14-4-7-16(8-5-14)27-28(2,22)23/h4-9,12H,3,10-11,13H2,1-2H3. The van der Waals surface area contributed by atoms with Crippen molar-refractivity contribution in [1.29, 1.82) is 0 Å². The van der Waals surface area contributed by atoms with Crippen LogP contribution in [0.15, 0.2) is 47.4 Å². The zero-order valence-corrected chi connectivity index (χ0v) is 19.0. The Morgan fingerprint density at radius 2 is 1.66 bits per heavy atom. The van der Waals surface area contributed by atoms with Crippen molar-refractivity contribution in [2.45, 2.75) is 17.9 Å². The van der Waals surface area contributed by atoms with Gasteiger partial charge in [-0.15, -0.1) is 0 Å². The lowest BCUT2D eigenvalue weighted by Crippen LogP contribution is -2.32. The summed E-state index contributed by atoms with van der Waals surface area (Å²) in [6.45, 7) is 0.630. The van der Waals surface area contributed by atoms with Gasteiger partial charge in [0.25, 0.3) is 0 Å². The van der Waals surface area contributed by atoms with Crippen LogP contribution in [0.25, 0.3) is 0 Å². The molecule has 0 aliphatic rings. The molecular weight excluding hydrogens is 461 g/mol. The molecule has 0 saturated heterocycles. The van der Waals surface area contributed by atoms with Crippen LogP contribution in [0.2, 0.25) is 10.0 Å². The Balaban J connectivity index is 2.31. The van der Waals surface area contributed by atoms with Crippen LogP contribution in [0.4, 0.5) is 0 Å². The Morgan fingerprint density at radius 1 is 1.00 bits per heavy atom. The van der Waals surface area contributed by atoms with Gasteiger partial charge >= 0.3 is 10.1 Å². The number of rotatable bonds is 10. The van der Waals surface area contributed by atoms with Gasteiger partial charge in [-0.25, -0.2) is 8.42 Å². The van der Waals surface area contributed by atoms with E-state index in [1.807, 2.05) is 0 Å². The fourth-order valence-electron chi connectivity index (χ4n) is 2.51. The van der Waals surface area contributed by atoms with E-state index in [1.54, 1.807) is 12.1 Å². The molecule has 2 aromatic rings. The molecule has 29 heavy (non-hydrogen) atoms. The van der Waals surface area contributed by atoms with Crippen molar-refractivity contribution in [3.8, 4) is 5.75 Å². The van der Waals surface area contributed by atoms with E-state index in [-0.39, 0.29) is 33.8 Å². The molecular formula is C18H21Cl2NO6S2. The van der Waals surface area contributed by atoms with Crippen LogP contribution in [0, 0.1) is 0 Å². The summed E-state index contributed by atoms with van der Waals surface area (Å²) in [6.07, 6.45) is 1.42. The Bertz CT molecular complexity index is 1040. The van der Waals surface area contributed by atoms with Gasteiger partial charge in [0, 0.05) is 31.8 Å². The molecule has 0 spiro atoms. The van der Waals surface area contributed by atoms with Gasteiger partial charge in [-0.1, -0.05) is 35.3 Å². The van der Waals surface area contributed by atoms with E-state index in [1.165, 1.54) is 41.7 Å². The minimum absolute atomic E-state index is 0.0496. The Hall–Kier alpha value is -1.36. The fraction of sp³-hybridized carbons (Fsp3) is 0.333. The van der Waals surface area contributed by atoms with Crippen LogP contribution in [0.1, 0.15) is 12.0 Å². The molecule has 7 nitrogen and oxygen atoms in total. The van der Waals surface area contributed by atoms with Gasteiger partial charge < -0.3 is 8.92 Å². The number of nitrogens with zero attached hydrogens (tertiary/aromatic N) is 1. The van der Waals surface area contributed by atoms with E-state index >= 15 is 0 Å². The lowest BCUT2D eigenvalue weighted by molar-refractivity contribution is 0.186. The van der Waals surface area contributed by atoms with Gasteiger partial charge in [-0.05, 0) is 42.3 Å². The van der Waals surface area contributed by atoms with E-state index in [0.717, 1.165) is 6.26 Å². The fourth-order valence-corrected chi connectivity index (χ4v) is 5.18. The number of sulfonamides is 1. The Kier molecular flexibility index (Phi) is 8.33. The second kappa shape index (κ2) is 10.1. The Labute approximate surface area is 181 Å². The summed E-state index contributed by atoms with van der Waals surface area (Å²) in [5.74, 6) is 0.142. The summed E-state index contributed by atoms with van der Waals surface area (Å²) in [6, 6.07) is 10.4. The van der Waals surface area contributed by atoms with E-state index in [4.69, 9.17) is 32.1 Å². The first-order valence-corrected chi connectivity index (χ1v) is 12.5. The third-order valence-electron chi connectivity index (χ3n) is 3.80. The molecule has 0 unspecified atom stereocenters. The van der Waals surface area contributed by atoms with Crippen molar-refractivity contribution in [2.75, 3.05) is 26.5 Å². The number of ether oxygens (including phenoxy) is 1. The molecule has 0 N–H and O–H groups in total. The summed E-state index contributed by atoms with van der Waals surface area (Å²) in [5, 5.41) is 0.329. The van der Waals surface area contributed by atoms with Gasteiger partial charge in [0.05, 0.1) is 11.3 Å². The van der Waals surface area contributed by atoms with Gasteiger partial charge in [-0.3, -0.25) is 0 Å². The predicted molar refractivity (Wildman–Crippen MR) is 112 cm³/mol. The highest BCUT2D eigenvalue weighted by Gasteiger charge is 2.27. The maximum absolute atomic E-state index is 13.2. The molecule has 0 aliphatic carbocycles. The smallest absolute Gasteiger partial charge is 0.306 e. The molecule has 0 aromatic heterocycles. The summed E-state index contributed by atoms with van der Waals surface area (Å²) in [4.78, 5) is -0.0823. The van der Waals surface area contributed by atoms with E-state index in [9.17, 15) is 16.8 Å². The third-order valence-corrected chi connectivity index (χ3v) is 6.85. The number of benzene rings is 2. The normalized spacial score (nSPS) is 12.3. The molecule has 160 valence electrons. The second-order valence-electron chi connectivity index (χ2n) is 6.19. The number of hydrogen-bond donors (Lipinski definition) is 0. The highest BCUT2D eigenvalue weighted by Crippen LogP contribution is 2.29. The topological polar surface area (TPSA) is 90.0 Å². The SMILES string of the molecule is COCCCN(Cc1ccc(OS(C)(=O)=O)cc1)S(=O)(=O)c1cc(Cl)ccc1Cl. The average Bonchev–Trinajstić information content (AvgIpc) is 2.63. The van der Waals surface area contributed by atoms with Gasteiger partial charge in [0.2, 0.25) is 10.0 Å². The quantitative estimate of drug-likeness (QED) is 0.380. The van der Waals surface area contributed by atoms with E-state index < -0.39 is 20.1 Å². The highest BCUT2D eigenvalue weighted by molar-refractivity contribution is 7.89. The second-order valence-corrected chi connectivity index (χ2v) is 10.5. The summed E-state index contributed by atoms with van der Waals surface area (Å²) < 4.78 is 59.9. The molecule has 2 rings (SSSR count). The van der Waals surface area contributed by atoms with Crippen LogP contribution in [-0.4, -0.2) is 47.7 Å². The highest BCUT2D eigenvalue weighted by atomic mass is 35.5. The van der Waals surface area contributed by atoms with Crippen molar-refractivity contribution >= 4 is 43.3 Å². The molecule has 0 saturated carbocycles. The molecule has 0 fully saturated rings. The zero-order valence-electron chi connectivity index (χ0n) is 15.8. The lowest BCUT2D eigenvalue weighted by atomic mass is 10.2. The number of methoxy groups -OCH3 is 1. The molecule has 0 atom stereocenters. The van der Waals surface area contributed by atoms with Crippen LogP contribution in [0.5, 0.6) is 5.75 Å². The molecule has 0 amide bonds. The van der Waals surface area contributed by atoms with Crippen molar-refractivity contribution in [2.24, 2.45) is 0 Å². The maximum atomic E-state index is 13.2. The van der Waals surface area contributed by atoms with Crippen LogP contribution >= 0.6 is 23.2 Å². The Morgan fingerprint density at radius 3 is 2.24 bits per heavy atom. The van der Waals surface area contributed by atoms with E-state index in [2.05, 4.69) is 0 Å². The predicted octanol–water partition coefficient (Wildman–Crippen LogP) is 3.56. The first-order chi connectivity index (χ1) is 13.5. The largest absolute Gasteiger partial charge is 0.385 e. The minimum atomic E-state index is -3.94. The number of hydrogen-bond acceptors (Lipinski definition) is 6. The maximum Gasteiger partial charge on any atom is 0.306 e. The van der Waals surface area contributed by atoms with Crippen LogP contribution in [0.3, 0.4) is 0 Å². The molecule has 0 bridgehead atoms. The van der Waals surface area contributed by atoms with Crippen molar-refractivity contribution in [3.63, 3.8) is 0 Å². The van der Waals surface area contributed by atoms with Crippen molar-refractivity contribution < 1.29 is 25.8 Å². The number of halogens is 2. The van der Waals surface area contributed by atoms with Crippen molar-refractivity contribution in [3.05, 3.63) is 58.1 Å². The average molecular weight is 482 g/mol. The van der Waals surface area contributed by atoms with Crippen LogP contribution < -0.4 is 4.18 Å². The molecule has 11 heteroatoms. The van der Waals surface area contributed by atoms with Crippen LogP contribution in [-0.2, 0) is 31.4 Å². The third kappa shape index (κ3) is 7.13. The van der Waals surface area contributed by atoms with Gasteiger partial charge in [0.15, 0.2) is 0 Å². The van der Waals surface area contributed by atoms with E-state index in [0.29, 0.717) is 18.6 Å². The minimum Gasteiger partial charge on any atom is -0.385 e. The monoisotopic (exact) mass is 481 g/mol. The summed E-state index contributed by atoms with van der Waals surface area (Å²) >= 11 is 12.1. The molecule has 2 aromatic carbocycles. The molecule has 0 heterocycles. The summed E-state index contributed by atoms with van der Waals surface area (Å²) in [5.41, 5.74) is 0.644. The zero-order chi connectivity index (χ0) is 21.7. The first kappa shape index (κ1) is 23.9. The van der Waals surface area contributed by atoms with Gasteiger partial charge in [-0.2, -0.15) is 12.7 Å².